The lowest BCUT2D eigenvalue weighted by Gasteiger charge is -2.60. The summed E-state index contributed by atoms with van der Waals surface area (Å²) in [7, 11) is -4.77. The first-order valence-electron chi connectivity index (χ1n) is 13.5. The van der Waals surface area contributed by atoms with Crippen molar-refractivity contribution >= 4 is 24.1 Å². The lowest BCUT2D eigenvalue weighted by Crippen LogP contribution is -2.56. The Morgan fingerprint density at radius 1 is 1.03 bits per heavy atom. The Kier molecular flexibility index (Phi) is 5.80. The van der Waals surface area contributed by atoms with Crippen LogP contribution >= 0.6 is 7.60 Å². The number of hydrogen-bond donors (Lipinski definition) is 2. The van der Waals surface area contributed by atoms with Gasteiger partial charge in [0.05, 0.1) is 11.0 Å². The zero-order chi connectivity index (χ0) is 24.5. The van der Waals surface area contributed by atoms with E-state index in [1.54, 1.807) is 16.7 Å². The van der Waals surface area contributed by atoms with E-state index in [1.165, 1.54) is 32.1 Å². The van der Waals surface area contributed by atoms with Crippen LogP contribution in [0.25, 0.3) is 11.0 Å². The van der Waals surface area contributed by atoms with E-state index in [4.69, 9.17) is 0 Å². The van der Waals surface area contributed by atoms with Crippen molar-refractivity contribution in [1.82, 2.24) is 14.5 Å². The molecule has 35 heavy (non-hydrogen) atoms. The van der Waals surface area contributed by atoms with E-state index in [2.05, 4.69) is 23.7 Å². The van der Waals surface area contributed by atoms with Crippen LogP contribution in [0, 0.1) is 23.2 Å². The average Bonchev–Trinajstić information content (AvgIpc) is 2.81. The molecule has 1 aromatic carbocycles. The summed E-state index contributed by atoms with van der Waals surface area (Å²) < 4.78 is 13.8. The van der Waals surface area contributed by atoms with Gasteiger partial charge in [0.1, 0.15) is 0 Å². The first-order valence-corrected chi connectivity index (χ1v) is 15.1. The Hall–Kier alpha value is -1.53. The second kappa shape index (κ2) is 8.51. The molecule has 0 spiro atoms. The van der Waals surface area contributed by atoms with Crippen LogP contribution in [0.1, 0.15) is 77.7 Å². The van der Waals surface area contributed by atoms with E-state index < -0.39 is 18.6 Å². The molecule has 0 unspecified atom stereocenters. The number of rotatable bonds is 5. The third-order valence-corrected chi connectivity index (χ3v) is 11.1. The summed E-state index contributed by atoms with van der Waals surface area (Å²) in [5, 5.41) is 0. The largest absolute Gasteiger partial charge is 0.380 e. The van der Waals surface area contributed by atoms with E-state index in [0.29, 0.717) is 28.5 Å². The van der Waals surface area contributed by atoms with Gasteiger partial charge in [-0.05, 0) is 93.2 Å². The van der Waals surface area contributed by atoms with E-state index in [0.717, 1.165) is 50.0 Å². The standard InChI is InChI=1S/C27H38N3O4P/c1-27(2)18-11-10-17(22(27)14-18)12-13-29-19-6-5-7-20(29)16-21(15-19)30-24-9-4-3-8-23(24)28-25(26(30)31)35(32,33)34/h3-4,8-9,17-22H,5-7,10-16H2,1-2H3,(H2,32,33,34)/t17-,18-,19-,20+,21+,22-/m0/s1. The molecule has 2 N–H and O–H groups in total. The van der Waals surface area contributed by atoms with Crippen LogP contribution in [0.15, 0.2) is 29.1 Å². The zero-order valence-corrected chi connectivity index (χ0v) is 21.7. The molecule has 1 aromatic heterocycles. The maximum atomic E-state index is 13.4. The molecule has 8 heteroatoms. The first-order chi connectivity index (χ1) is 16.6. The molecule has 4 bridgehead atoms. The smallest absolute Gasteiger partial charge is 0.320 e. The second-order valence-corrected chi connectivity index (χ2v) is 13.7. The molecular weight excluding hydrogens is 461 g/mol. The molecule has 2 aliphatic heterocycles. The number of aromatic nitrogens is 2. The average molecular weight is 500 g/mol. The molecule has 0 amide bonds. The monoisotopic (exact) mass is 499 g/mol. The number of hydrogen-bond acceptors (Lipinski definition) is 4. The number of fused-ring (bicyclic) bond motifs is 5. The van der Waals surface area contributed by atoms with Crippen LogP contribution in [-0.4, -0.2) is 42.9 Å². The van der Waals surface area contributed by atoms with Crippen LogP contribution in [0.4, 0.5) is 0 Å². The van der Waals surface area contributed by atoms with Crippen LogP contribution in [0.2, 0.25) is 0 Å². The van der Waals surface area contributed by atoms with Gasteiger partial charge in [0.2, 0.25) is 5.44 Å². The van der Waals surface area contributed by atoms with E-state index >= 15 is 0 Å². The number of nitrogens with zero attached hydrogens (tertiary/aromatic N) is 3. The molecule has 190 valence electrons. The molecule has 6 atom stereocenters. The Morgan fingerprint density at radius 3 is 2.40 bits per heavy atom. The van der Waals surface area contributed by atoms with Crippen molar-refractivity contribution in [3.8, 4) is 0 Å². The maximum absolute atomic E-state index is 13.4. The van der Waals surface area contributed by atoms with Crippen molar-refractivity contribution in [2.45, 2.75) is 89.8 Å². The van der Waals surface area contributed by atoms with Gasteiger partial charge in [-0.15, -0.1) is 0 Å². The van der Waals surface area contributed by atoms with E-state index in [-0.39, 0.29) is 6.04 Å². The van der Waals surface area contributed by atoms with Crippen molar-refractivity contribution in [2.75, 3.05) is 6.54 Å². The van der Waals surface area contributed by atoms with Crippen molar-refractivity contribution in [1.29, 1.82) is 0 Å². The van der Waals surface area contributed by atoms with E-state index in [9.17, 15) is 19.1 Å². The predicted octanol–water partition coefficient (Wildman–Crippen LogP) is 4.22. The van der Waals surface area contributed by atoms with Gasteiger partial charge in [0.25, 0.3) is 5.56 Å². The summed E-state index contributed by atoms with van der Waals surface area (Å²) in [6.07, 6.45) is 10.7. The van der Waals surface area contributed by atoms with Gasteiger partial charge >= 0.3 is 7.60 Å². The molecule has 0 radical (unpaired) electrons. The molecule has 2 saturated heterocycles. The minimum Gasteiger partial charge on any atom is -0.320 e. The summed E-state index contributed by atoms with van der Waals surface area (Å²) in [5.74, 6) is 2.66. The predicted molar refractivity (Wildman–Crippen MR) is 137 cm³/mol. The molecule has 5 fully saturated rings. The summed E-state index contributed by atoms with van der Waals surface area (Å²) in [5.41, 5.74) is 0.415. The quantitative estimate of drug-likeness (QED) is 0.598. The van der Waals surface area contributed by atoms with Crippen molar-refractivity contribution in [3.05, 3.63) is 34.6 Å². The van der Waals surface area contributed by atoms with Crippen molar-refractivity contribution in [2.24, 2.45) is 23.2 Å². The third-order valence-electron chi connectivity index (χ3n) is 10.3. The minimum absolute atomic E-state index is 0.0618. The van der Waals surface area contributed by atoms with Gasteiger partial charge in [-0.1, -0.05) is 32.4 Å². The highest BCUT2D eigenvalue weighted by Crippen LogP contribution is 2.62. The van der Waals surface area contributed by atoms with Gasteiger partial charge in [0.15, 0.2) is 0 Å². The summed E-state index contributed by atoms with van der Waals surface area (Å²) in [4.78, 5) is 39.9. The number of benzene rings is 1. The fourth-order valence-electron chi connectivity index (χ4n) is 8.34. The van der Waals surface area contributed by atoms with Gasteiger partial charge in [-0.2, -0.15) is 0 Å². The Morgan fingerprint density at radius 2 is 1.74 bits per heavy atom. The highest BCUT2D eigenvalue weighted by molar-refractivity contribution is 7.59. The minimum atomic E-state index is -4.77. The van der Waals surface area contributed by atoms with Gasteiger partial charge in [-0.3, -0.25) is 14.3 Å². The van der Waals surface area contributed by atoms with Gasteiger partial charge in [-0.25, -0.2) is 4.98 Å². The fraction of sp³-hybridized carbons (Fsp3) is 0.704. The molecule has 3 heterocycles. The van der Waals surface area contributed by atoms with Crippen LogP contribution in [0.5, 0.6) is 0 Å². The fourth-order valence-corrected chi connectivity index (χ4v) is 8.94. The summed E-state index contributed by atoms with van der Waals surface area (Å²) >= 11 is 0. The Labute approximate surface area is 207 Å². The SMILES string of the molecule is CC1(C)[C@H]2CC[C@@H](CCN3[C@@H]4CCC[C@H]3C[C@@H](n3c(=O)c(P(=O)(O)O)nc5ccccc53)C4)[C@@H]1C2. The van der Waals surface area contributed by atoms with Crippen LogP contribution in [-0.2, 0) is 4.57 Å². The highest BCUT2D eigenvalue weighted by atomic mass is 31.2. The molecule has 3 saturated carbocycles. The third kappa shape index (κ3) is 3.94. The molecule has 2 aromatic rings. The maximum Gasteiger partial charge on any atom is 0.380 e. The molecule has 7 nitrogen and oxygen atoms in total. The Balaban J connectivity index is 1.26. The topological polar surface area (TPSA) is 95.7 Å². The van der Waals surface area contributed by atoms with Crippen LogP contribution in [0.3, 0.4) is 0 Å². The van der Waals surface area contributed by atoms with Crippen molar-refractivity contribution in [3.63, 3.8) is 0 Å². The highest BCUT2D eigenvalue weighted by Gasteiger charge is 2.54. The molecule has 3 aliphatic carbocycles. The van der Waals surface area contributed by atoms with Crippen LogP contribution < -0.4 is 11.0 Å². The zero-order valence-electron chi connectivity index (χ0n) is 20.8. The molecular formula is C27H38N3O4P. The lowest BCUT2D eigenvalue weighted by molar-refractivity contribution is -0.111. The normalized spacial score (nSPS) is 34.5. The van der Waals surface area contributed by atoms with E-state index in [1.807, 2.05) is 12.1 Å². The first kappa shape index (κ1) is 23.8. The lowest BCUT2D eigenvalue weighted by atomic mass is 9.45. The second-order valence-electron chi connectivity index (χ2n) is 12.2. The summed E-state index contributed by atoms with van der Waals surface area (Å²) in [6.45, 7) is 6.09. The van der Waals surface area contributed by atoms with Crippen molar-refractivity contribution < 1.29 is 14.4 Å². The molecule has 5 aliphatic rings. The number of piperidine rings is 2. The van der Waals surface area contributed by atoms with Gasteiger partial charge in [0, 0.05) is 18.1 Å². The summed E-state index contributed by atoms with van der Waals surface area (Å²) in [6, 6.07) is 8.04. The molecule has 7 rings (SSSR count). The van der Waals surface area contributed by atoms with Gasteiger partial charge < -0.3 is 14.4 Å². The Bertz CT molecular complexity index is 1220. The number of para-hydroxylation sites is 2.